The maximum Gasteiger partial charge on any atom is 0.414 e. The molecule has 0 spiro atoms. The van der Waals surface area contributed by atoms with E-state index in [1.54, 1.807) is 12.1 Å². The summed E-state index contributed by atoms with van der Waals surface area (Å²) in [5.74, 6) is -0.868. The van der Waals surface area contributed by atoms with E-state index in [-0.39, 0.29) is 6.10 Å². The van der Waals surface area contributed by atoms with Gasteiger partial charge in [-0.15, -0.1) is 0 Å². The van der Waals surface area contributed by atoms with Gasteiger partial charge in [-0.25, -0.2) is 14.6 Å². The minimum absolute atomic E-state index is 0.253. The van der Waals surface area contributed by atoms with Gasteiger partial charge in [0.05, 0.1) is 24.5 Å². The van der Waals surface area contributed by atoms with Crippen LogP contribution < -0.4 is 15.2 Å². The molecule has 1 aromatic rings. The molecule has 2 N–H and O–H groups in total. The molecule has 0 saturated carbocycles. The van der Waals surface area contributed by atoms with Crippen LogP contribution in [0.4, 0.5) is 20.6 Å². The third kappa shape index (κ3) is 5.24. The second-order valence-corrected chi connectivity index (χ2v) is 7.86. The van der Waals surface area contributed by atoms with E-state index < -0.39 is 24.4 Å². The second kappa shape index (κ2) is 10.1. The fourth-order valence-electron chi connectivity index (χ4n) is 3.57. The topological polar surface area (TPSA) is 85.4 Å². The molecule has 8 nitrogen and oxygen atoms in total. The fraction of sp³-hybridized carbons (Fsp3) is 0.550. The van der Waals surface area contributed by atoms with Crippen molar-refractivity contribution in [3.8, 4) is 0 Å². The van der Waals surface area contributed by atoms with E-state index in [4.69, 9.17) is 22.1 Å². The molecule has 1 atom stereocenters. The highest BCUT2D eigenvalue weighted by Gasteiger charge is 2.32. The summed E-state index contributed by atoms with van der Waals surface area (Å²) >= 11 is 5.23. The van der Waals surface area contributed by atoms with Crippen molar-refractivity contribution in [2.75, 3.05) is 49.1 Å². The number of amides is 2. The number of cyclic esters (lactones) is 1. The fourth-order valence-corrected chi connectivity index (χ4v) is 3.69. The Morgan fingerprint density at radius 3 is 2.87 bits per heavy atom. The summed E-state index contributed by atoms with van der Waals surface area (Å²) in [4.78, 5) is 28.1. The van der Waals surface area contributed by atoms with Gasteiger partial charge in [-0.1, -0.05) is 19.1 Å². The van der Waals surface area contributed by atoms with E-state index in [9.17, 15) is 14.0 Å². The number of ether oxygens (including phenoxy) is 1. The Kier molecular flexibility index (Phi) is 7.57. The summed E-state index contributed by atoms with van der Waals surface area (Å²) < 4.78 is 20.3. The maximum atomic E-state index is 14.9. The molecule has 2 aliphatic rings. The molecule has 164 valence electrons. The van der Waals surface area contributed by atoms with Gasteiger partial charge in [-0.05, 0) is 42.3 Å². The first-order chi connectivity index (χ1) is 14.4. The number of hydrogen-bond acceptors (Lipinski definition) is 7. The summed E-state index contributed by atoms with van der Waals surface area (Å²) in [6.07, 6.45) is 1.48. The van der Waals surface area contributed by atoms with Crippen molar-refractivity contribution < 1.29 is 23.8 Å². The number of nitrogens with zero attached hydrogens (tertiary/aromatic N) is 3. The van der Waals surface area contributed by atoms with Gasteiger partial charge in [0.2, 0.25) is 0 Å². The minimum atomic E-state index is -0.576. The van der Waals surface area contributed by atoms with Crippen LogP contribution in [0.3, 0.4) is 0 Å². The minimum Gasteiger partial charge on any atom is -0.444 e. The average Bonchev–Trinajstić information content (AvgIpc) is 2.96. The highest BCUT2D eigenvalue weighted by molar-refractivity contribution is 7.80. The zero-order valence-electron chi connectivity index (χ0n) is 17.0. The Morgan fingerprint density at radius 1 is 1.37 bits per heavy atom. The van der Waals surface area contributed by atoms with Crippen LogP contribution >= 0.6 is 12.2 Å². The molecular formula is C20H27FN4O4S. The number of carbonyl (C=O) groups excluding carboxylic acids is 2. The zero-order chi connectivity index (χ0) is 21.7. The van der Waals surface area contributed by atoms with Crippen LogP contribution in [0, 0.1) is 5.82 Å². The molecule has 3 rings (SSSR count). The lowest BCUT2D eigenvalue weighted by atomic mass is 10.1. The van der Waals surface area contributed by atoms with Gasteiger partial charge < -0.3 is 14.7 Å². The van der Waals surface area contributed by atoms with Gasteiger partial charge in [0.15, 0.2) is 0 Å². The number of carbonyl (C=O) groups is 2. The number of rotatable bonds is 7. The van der Waals surface area contributed by atoms with E-state index in [2.05, 4.69) is 5.43 Å². The third-order valence-electron chi connectivity index (χ3n) is 5.31. The third-order valence-corrected chi connectivity index (χ3v) is 5.80. The van der Waals surface area contributed by atoms with Crippen LogP contribution in [-0.4, -0.2) is 72.4 Å². The number of nitrogens with one attached hydrogen (secondary N) is 1. The molecule has 0 aliphatic carbocycles. The van der Waals surface area contributed by atoms with Crippen LogP contribution in [0.25, 0.3) is 0 Å². The molecule has 2 aliphatic heterocycles. The summed E-state index contributed by atoms with van der Waals surface area (Å²) in [7, 11) is 0. The Morgan fingerprint density at radius 2 is 2.17 bits per heavy atom. The first kappa shape index (κ1) is 22.4. The molecular weight excluding hydrogens is 411 g/mol. The van der Waals surface area contributed by atoms with Crippen molar-refractivity contribution in [2.24, 2.45) is 0 Å². The van der Waals surface area contributed by atoms with Crippen LogP contribution in [0.2, 0.25) is 0 Å². The average molecular weight is 439 g/mol. The van der Waals surface area contributed by atoms with Crippen LogP contribution in [0.15, 0.2) is 18.2 Å². The van der Waals surface area contributed by atoms with Crippen molar-refractivity contribution in [2.45, 2.75) is 32.3 Å². The van der Waals surface area contributed by atoms with Crippen LogP contribution in [0.1, 0.15) is 26.2 Å². The molecule has 30 heavy (non-hydrogen) atoms. The monoisotopic (exact) mass is 438 g/mol. The van der Waals surface area contributed by atoms with Crippen molar-refractivity contribution in [3.05, 3.63) is 24.0 Å². The maximum absolute atomic E-state index is 14.9. The Hall–Kier alpha value is -2.30. The number of aliphatic hydroxyl groups is 1. The van der Waals surface area contributed by atoms with Gasteiger partial charge >= 0.3 is 6.09 Å². The van der Waals surface area contributed by atoms with E-state index in [0.717, 1.165) is 17.7 Å². The number of thiocarbonyl (C=S) groups is 1. The summed E-state index contributed by atoms with van der Waals surface area (Å²) in [5, 5.41) is 10.3. The summed E-state index contributed by atoms with van der Waals surface area (Å²) in [6.45, 7) is 3.47. The quantitative estimate of drug-likeness (QED) is 0.629. The molecule has 0 radical (unpaired) electrons. The number of halogens is 1. The number of hydrazine groups is 1. The Balaban J connectivity index is 1.64. The lowest BCUT2D eigenvalue weighted by Gasteiger charge is -2.24. The van der Waals surface area contributed by atoms with E-state index in [1.807, 2.05) is 11.8 Å². The first-order valence-corrected chi connectivity index (χ1v) is 10.5. The molecule has 2 fully saturated rings. The molecule has 10 heteroatoms. The SMILES string of the molecule is CCC(=S)CC[C@H]1CN(c2ccc(N3CCNN(C(=O)CO)CC3)c(F)c2)C(=O)O1. The molecule has 2 heterocycles. The second-order valence-electron chi connectivity index (χ2n) is 7.28. The predicted molar refractivity (Wildman–Crippen MR) is 115 cm³/mol. The standard InChI is InChI=1S/C20H27FN4O4S/c1-2-16(30)5-4-15-12-24(20(28)29-15)14-3-6-18(17(21)11-14)23-8-7-22-25(10-9-23)19(27)13-26/h3,6,11,15,22,26H,2,4-5,7-10,12-13H2,1H3/t15-/m0/s1. The lowest BCUT2D eigenvalue weighted by molar-refractivity contribution is -0.136. The van der Waals surface area contributed by atoms with Crippen LogP contribution in [0.5, 0.6) is 0 Å². The number of anilines is 2. The van der Waals surface area contributed by atoms with Crippen molar-refractivity contribution >= 4 is 40.5 Å². The molecule has 2 amide bonds. The summed E-state index contributed by atoms with van der Waals surface area (Å²) in [5.41, 5.74) is 3.77. The number of aliphatic hydroxyl groups excluding tert-OH is 1. The first-order valence-electron chi connectivity index (χ1n) is 10.1. The Bertz CT molecular complexity index is 809. The van der Waals surface area contributed by atoms with Gasteiger partial charge in [-0.2, -0.15) is 0 Å². The van der Waals surface area contributed by atoms with Crippen molar-refractivity contribution in [1.29, 1.82) is 0 Å². The highest BCUT2D eigenvalue weighted by atomic mass is 32.1. The largest absolute Gasteiger partial charge is 0.444 e. The van der Waals surface area contributed by atoms with Gasteiger partial charge in [-0.3, -0.25) is 14.7 Å². The lowest BCUT2D eigenvalue weighted by Crippen LogP contribution is -2.45. The highest BCUT2D eigenvalue weighted by Crippen LogP contribution is 2.29. The van der Waals surface area contributed by atoms with Gasteiger partial charge in [0.25, 0.3) is 5.91 Å². The molecule has 2 saturated heterocycles. The number of benzene rings is 1. The van der Waals surface area contributed by atoms with Crippen molar-refractivity contribution in [1.82, 2.24) is 10.4 Å². The summed E-state index contributed by atoms with van der Waals surface area (Å²) in [6, 6.07) is 4.68. The Labute approximate surface area is 180 Å². The van der Waals surface area contributed by atoms with E-state index in [0.29, 0.717) is 50.5 Å². The van der Waals surface area contributed by atoms with Crippen molar-refractivity contribution in [3.63, 3.8) is 0 Å². The molecule has 0 bridgehead atoms. The van der Waals surface area contributed by atoms with E-state index in [1.165, 1.54) is 16.0 Å². The smallest absolute Gasteiger partial charge is 0.414 e. The number of hydrogen-bond donors (Lipinski definition) is 2. The van der Waals surface area contributed by atoms with E-state index >= 15 is 0 Å². The zero-order valence-corrected chi connectivity index (χ0v) is 17.8. The molecule has 0 aromatic heterocycles. The molecule has 0 unspecified atom stereocenters. The predicted octanol–water partition coefficient (Wildman–Crippen LogP) is 1.86. The van der Waals surface area contributed by atoms with Gasteiger partial charge in [0, 0.05) is 19.6 Å². The van der Waals surface area contributed by atoms with Gasteiger partial charge in [0.1, 0.15) is 18.5 Å². The molecule has 1 aromatic carbocycles. The normalized spacial score (nSPS) is 19.6. The van der Waals surface area contributed by atoms with Crippen LogP contribution in [-0.2, 0) is 9.53 Å².